The van der Waals surface area contributed by atoms with Crippen molar-refractivity contribution in [2.45, 2.75) is 33.8 Å². The Morgan fingerprint density at radius 1 is 1.14 bits per heavy atom. The van der Waals surface area contributed by atoms with Crippen LogP contribution in [0.5, 0.6) is 0 Å². The molecule has 0 heterocycles. The predicted molar refractivity (Wildman–Crippen MR) is 60.4 cm³/mol. The molecule has 0 aromatic heterocycles. The van der Waals surface area contributed by atoms with E-state index in [2.05, 4.69) is 26.5 Å². The summed E-state index contributed by atoms with van der Waals surface area (Å²) in [5.41, 5.74) is 5.37. The van der Waals surface area contributed by atoms with Crippen molar-refractivity contribution in [1.82, 2.24) is 0 Å². The number of aliphatic hydroxyl groups excluding tert-OH is 1. The molecular formula is C13H18O. The summed E-state index contributed by atoms with van der Waals surface area (Å²) in [6.07, 6.45) is -0.533. The fraction of sp³-hybridized carbons (Fsp3) is 0.385. The van der Waals surface area contributed by atoms with Crippen LogP contribution in [-0.2, 0) is 0 Å². The summed E-state index contributed by atoms with van der Waals surface area (Å²) in [4.78, 5) is 0. The van der Waals surface area contributed by atoms with E-state index in [1.54, 1.807) is 0 Å². The van der Waals surface area contributed by atoms with E-state index in [-0.39, 0.29) is 0 Å². The minimum atomic E-state index is -0.533. The SMILES string of the molecule is C=C(C)C(O)c1cc(C)c(C)cc1C. The molecule has 1 rings (SSSR count). The summed E-state index contributed by atoms with van der Waals surface area (Å²) in [6, 6.07) is 4.15. The molecule has 14 heavy (non-hydrogen) atoms. The second kappa shape index (κ2) is 3.97. The Hall–Kier alpha value is -1.08. The van der Waals surface area contributed by atoms with Crippen molar-refractivity contribution < 1.29 is 5.11 Å². The average Bonchev–Trinajstić information content (AvgIpc) is 2.10. The van der Waals surface area contributed by atoms with Crippen molar-refractivity contribution in [1.29, 1.82) is 0 Å². The molecule has 1 atom stereocenters. The first-order chi connectivity index (χ1) is 6.43. The van der Waals surface area contributed by atoms with Crippen molar-refractivity contribution >= 4 is 0 Å². The molecule has 1 aromatic rings. The van der Waals surface area contributed by atoms with Gasteiger partial charge in [0, 0.05) is 0 Å². The third kappa shape index (κ3) is 2.05. The highest BCUT2D eigenvalue weighted by Gasteiger charge is 2.11. The summed E-state index contributed by atoms with van der Waals surface area (Å²) in [5.74, 6) is 0. The van der Waals surface area contributed by atoms with Crippen LogP contribution in [0.2, 0.25) is 0 Å². The summed E-state index contributed by atoms with van der Waals surface area (Å²) < 4.78 is 0. The highest BCUT2D eigenvalue weighted by atomic mass is 16.3. The van der Waals surface area contributed by atoms with E-state index in [4.69, 9.17) is 0 Å². The molecule has 1 heteroatoms. The number of hydrogen-bond donors (Lipinski definition) is 1. The van der Waals surface area contributed by atoms with Crippen molar-refractivity contribution in [3.05, 3.63) is 46.5 Å². The molecule has 0 amide bonds. The number of hydrogen-bond acceptors (Lipinski definition) is 1. The minimum Gasteiger partial charge on any atom is -0.384 e. The second-order valence-corrected chi connectivity index (χ2v) is 4.04. The third-order valence-corrected chi connectivity index (χ3v) is 2.64. The van der Waals surface area contributed by atoms with Crippen LogP contribution < -0.4 is 0 Å². The van der Waals surface area contributed by atoms with E-state index < -0.39 is 6.10 Å². The molecule has 0 saturated carbocycles. The smallest absolute Gasteiger partial charge is 0.0998 e. The van der Waals surface area contributed by atoms with Crippen LogP contribution in [0.4, 0.5) is 0 Å². The first-order valence-electron chi connectivity index (χ1n) is 4.84. The highest BCUT2D eigenvalue weighted by molar-refractivity contribution is 5.39. The van der Waals surface area contributed by atoms with Crippen LogP contribution in [0.1, 0.15) is 35.3 Å². The van der Waals surface area contributed by atoms with Gasteiger partial charge in [0.05, 0.1) is 6.10 Å². The van der Waals surface area contributed by atoms with Crippen molar-refractivity contribution in [3.8, 4) is 0 Å². The maximum atomic E-state index is 9.89. The standard InChI is InChI=1S/C13H18O/c1-8(2)13(14)12-7-10(4)9(3)6-11(12)5/h6-7,13-14H,1H2,2-5H3. The van der Waals surface area contributed by atoms with Crippen LogP contribution in [-0.4, -0.2) is 5.11 Å². The molecule has 0 saturated heterocycles. The topological polar surface area (TPSA) is 20.2 Å². The first-order valence-corrected chi connectivity index (χ1v) is 4.84. The van der Waals surface area contributed by atoms with Crippen molar-refractivity contribution in [2.24, 2.45) is 0 Å². The maximum absolute atomic E-state index is 9.89. The van der Waals surface area contributed by atoms with Crippen LogP contribution in [0.15, 0.2) is 24.3 Å². The molecule has 0 aliphatic rings. The van der Waals surface area contributed by atoms with Gasteiger partial charge in [0.15, 0.2) is 0 Å². The molecule has 0 bridgehead atoms. The van der Waals surface area contributed by atoms with Gasteiger partial charge >= 0.3 is 0 Å². The lowest BCUT2D eigenvalue weighted by Crippen LogP contribution is -2.02. The van der Waals surface area contributed by atoms with Gasteiger partial charge in [0.2, 0.25) is 0 Å². The molecule has 0 fully saturated rings. The molecule has 0 spiro atoms. The zero-order chi connectivity index (χ0) is 10.9. The van der Waals surface area contributed by atoms with Gasteiger partial charge in [0.25, 0.3) is 0 Å². The zero-order valence-corrected chi connectivity index (χ0v) is 9.39. The fourth-order valence-corrected chi connectivity index (χ4v) is 1.54. The lowest BCUT2D eigenvalue weighted by molar-refractivity contribution is 0.215. The van der Waals surface area contributed by atoms with E-state index in [1.165, 1.54) is 11.1 Å². The lowest BCUT2D eigenvalue weighted by Gasteiger charge is -2.15. The normalized spacial score (nSPS) is 12.6. The Morgan fingerprint density at radius 3 is 2.14 bits per heavy atom. The van der Waals surface area contributed by atoms with E-state index in [1.807, 2.05) is 19.9 Å². The van der Waals surface area contributed by atoms with Gasteiger partial charge in [-0.2, -0.15) is 0 Å². The molecular weight excluding hydrogens is 172 g/mol. The number of aliphatic hydroxyl groups is 1. The van der Waals surface area contributed by atoms with Crippen LogP contribution in [0.25, 0.3) is 0 Å². The minimum absolute atomic E-state index is 0.533. The molecule has 1 unspecified atom stereocenters. The van der Waals surface area contributed by atoms with Crippen molar-refractivity contribution in [3.63, 3.8) is 0 Å². The first kappa shape index (κ1) is 11.0. The molecule has 0 radical (unpaired) electrons. The van der Waals surface area contributed by atoms with Gasteiger partial charge in [0.1, 0.15) is 0 Å². The van der Waals surface area contributed by atoms with E-state index >= 15 is 0 Å². The Morgan fingerprint density at radius 2 is 1.64 bits per heavy atom. The summed E-state index contributed by atoms with van der Waals surface area (Å²) >= 11 is 0. The molecule has 1 N–H and O–H groups in total. The predicted octanol–water partition coefficient (Wildman–Crippen LogP) is 3.22. The lowest BCUT2D eigenvalue weighted by atomic mass is 9.95. The Kier molecular flexibility index (Phi) is 3.12. The zero-order valence-electron chi connectivity index (χ0n) is 9.39. The van der Waals surface area contributed by atoms with Crippen molar-refractivity contribution in [2.75, 3.05) is 0 Å². The van der Waals surface area contributed by atoms with Gasteiger partial charge in [-0.25, -0.2) is 0 Å². The van der Waals surface area contributed by atoms with E-state index in [0.29, 0.717) is 0 Å². The quantitative estimate of drug-likeness (QED) is 0.710. The number of benzene rings is 1. The van der Waals surface area contributed by atoms with Gasteiger partial charge in [-0.1, -0.05) is 18.7 Å². The van der Waals surface area contributed by atoms with Gasteiger partial charge in [-0.3, -0.25) is 0 Å². The molecule has 1 aromatic carbocycles. The fourth-order valence-electron chi connectivity index (χ4n) is 1.54. The van der Waals surface area contributed by atoms with E-state index in [9.17, 15) is 5.11 Å². The summed E-state index contributed by atoms with van der Waals surface area (Å²) in [5, 5.41) is 9.89. The summed E-state index contributed by atoms with van der Waals surface area (Å²) in [7, 11) is 0. The monoisotopic (exact) mass is 190 g/mol. The second-order valence-electron chi connectivity index (χ2n) is 4.04. The highest BCUT2D eigenvalue weighted by Crippen LogP contribution is 2.25. The number of aryl methyl sites for hydroxylation is 3. The Balaban J connectivity index is 3.22. The summed E-state index contributed by atoms with van der Waals surface area (Å²) in [6.45, 7) is 11.8. The largest absolute Gasteiger partial charge is 0.384 e. The average molecular weight is 190 g/mol. The third-order valence-electron chi connectivity index (χ3n) is 2.64. The van der Waals surface area contributed by atoms with Crippen LogP contribution in [0.3, 0.4) is 0 Å². The van der Waals surface area contributed by atoms with Gasteiger partial charge in [-0.15, -0.1) is 0 Å². The number of rotatable bonds is 2. The van der Waals surface area contributed by atoms with Crippen LogP contribution in [0, 0.1) is 20.8 Å². The molecule has 1 nitrogen and oxygen atoms in total. The Labute approximate surface area is 86.1 Å². The van der Waals surface area contributed by atoms with E-state index in [0.717, 1.165) is 16.7 Å². The van der Waals surface area contributed by atoms with Crippen LogP contribution >= 0.6 is 0 Å². The Bertz CT molecular complexity index is 364. The molecule has 76 valence electrons. The molecule has 0 aliphatic carbocycles. The molecule has 0 aliphatic heterocycles. The maximum Gasteiger partial charge on any atom is 0.0998 e. The van der Waals surface area contributed by atoms with Gasteiger partial charge < -0.3 is 5.11 Å². The van der Waals surface area contributed by atoms with Gasteiger partial charge in [-0.05, 0) is 55.5 Å².